The molecule has 1 aromatic rings. The van der Waals surface area contributed by atoms with Gasteiger partial charge in [-0.15, -0.1) is 0 Å². The van der Waals surface area contributed by atoms with Crippen molar-refractivity contribution >= 4 is 11.7 Å². The van der Waals surface area contributed by atoms with E-state index in [2.05, 4.69) is 0 Å². The molecule has 1 rings (SSSR count). The van der Waals surface area contributed by atoms with Gasteiger partial charge in [0.25, 0.3) is 0 Å². The lowest BCUT2D eigenvalue weighted by Gasteiger charge is -2.08. The summed E-state index contributed by atoms with van der Waals surface area (Å²) in [5.74, 6) is -1.75. The minimum Gasteiger partial charge on any atom is -0.478 e. The van der Waals surface area contributed by atoms with E-state index in [4.69, 9.17) is 10.8 Å². The zero-order valence-electron chi connectivity index (χ0n) is 7.39. The van der Waals surface area contributed by atoms with E-state index in [9.17, 15) is 9.18 Å². The van der Waals surface area contributed by atoms with E-state index in [0.29, 0.717) is 11.1 Å². The number of rotatable bonds is 1. The third kappa shape index (κ3) is 1.47. The summed E-state index contributed by atoms with van der Waals surface area (Å²) in [4.78, 5) is 10.6. The second kappa shape index (κ2) is 3.05. The largest absolute Gasteiger partial charge is 0.478 e. The molecular weight excluding hydrogens is 173 g/mol. The first-order valence-electron chi connectivity index (χ1n) is 3.73. The molecule has 1 aromatic carbocycles. The van der Waals surface area contributed by atoms with E-state index in [0.717, 1.165) is 6.07 Å². The van der Waals surface area contributed by atoms with Crippen molar-refractivity contribution in [3.63, 3.8) is 0 Å². The van der Waals surface area contributed by atoms with Crippen LogP contribution in [0, 0.1) is 19.7 Å². The molecule has 3 nitrogen and oxygen atoms in total. The van der Waals surface area contributed by atoms with Crippen molar-refractivity contribution in [2.75, 3.05) is 5.73 Å². The molecule has 3 N–H and O–H groups in total. The number of nitrogen functional groups attached to an aromatic ring is 1. The maximum absolute atomic E-state index is 13.0. The molecule has 0 aliphatic carbocycles. The van der Waals surface area contributed by atoms with E-state index < -0.39 is 11.8 Å². The Hall–Kier alpha value is -1.58. The molecule has 0 aliphatic heterocycles. The Morgan fingerprint density at radius 1 is 1.46 bits per heavy atom. The molecule has 4 heteroatoms. The molecule has 0 saturated carbocycles. The van der Waals surface area contributed by atoms with Gasteiger partial charge in [-0.1, -0.05) is 0 Å². The van der Waals surface area contributed by atoms with Crippen LogP contribution in [-0.4, -0.2) is 11.1 Å². The van der Waals surface area contributed by atoms with Crippen LogP contribution in [0.15, 0.2) is 6.07 Å². The number of anilines is 1. The molecular formula is C9H10FNO2. The zero-order valence-corrected chi connectivity index (χ0v) is 7.39. The van der Waals surface area contributed by atoms with Crippen molar-refractivity contribution in [3.8, 4) is 0 Å². The van der Waals surface area contributed by atoms with Gasteiger partial charge in [0.05, 0.1) is 5.56 Å². The molecule has 0 radical (unpaired) electrons. The van der Waals surface area contributed by atoms with Gasteiger partial charge in [0, 0.05) is 11.3 Å². The Morgan fingerprint density at radius 2 is 2.00 bits per heavy atom. The first-order chi connectivity index (χ1) is 5.95. The predicted molar refractivity (Wildman–Crippen MR) is 47.2 cm³/mol. The lowest BCUT2D eigenvalue weighted by Crippen LogP contribution is -2.06. The van der Waals surface area contributed by atoms with Crippen LogP contribution in [0.2, 0.25) is 0 Å². The van der Waals surface area contributed by atoms with Crippen molar-refractivity contribution in [1.29, 1.82) is 0 Å². The lowest BCUT2D eigenvalue weighted by atomic mass is 10.0. The van der Waals surface area contributed by atoms with Crippen LogP contribution in [0.4, 0.5) is 10.1 Å². The highest BCUT2D eigenvalue weighted by molar-refractivity contribution is 5.91. The lowest BCUT2D eigenvalue weighted by molar-refractivity contribution is 0.0695. The number of carbonyl (C=O) groups is 1. The number of nitrogens with two attached hydrogens (primary N) is 1. The van der Waals surface area contributed by atoms with Crippen molar-refractivity contribution in [3.05, 3.63) is 28.6 Å². The van der Waals surface area contributed by atoms with E-state index in [-0.39, 0.29) is 11.3 Å². The second-order valence-corrected chi connectivity index (χ2v) is 2.87. The molecule has 13 heavy (non-hydrogen) atoms. The highest BCUT2D eigenvalue weighted by Crippen LogP contribution is 2.23. The second-order valence-electron chi connectivity index (χ2n) is 2.87. The highest BCUT2D eigenvalue weighted by atomic mass is 19.1. The van der Waals surface area contributed by atoms with Crippen LogP contribution in [-0.2, 0) is 0 Å². The molecule has 0 spiro atoms. The fourth-order valence-corrected chi connectivity index (χ4v) is 1.12. The average Bonchev–Trinajstić information content (AvgIpc) is 2.07. The number of aromatic carboxylic acids is 1. The molecule has 0 aliphatic rings. The van der Waals surface area contributed by atoms with Gasteiger partial charge in [-0.2, -0.15) is 0 Å². The SMILES string of the molecule is Cc1c(F)cc(C(=O)O)c(C)c1N. The highest BCUT2D eigenvalue weighted by Gasteiger charge is 2.14. The van der Waals surface area contributed by atoms with Crippen molar-refractivity contribution in [2.24, 2.45) is 0 Å². The Kier molecular flexibility index (Phi) is 2.23. The van der Waals surface area contributed by atoms with Gasteiger partial charge >= 0.3 is 5.97 Å². The van der Waals surface area contributed by atoms with Crippen molar-refractivity contribution in [2.45, 2.75) is 13.8 Å². The van der Waals surface area contributed by atoms with E-state index in [1.54, 1.807) is 6.92 Å². The Balaban J connectivity index is 3.50. The number of carboxylic acid groups (broad SMARTS) is 1. The summed E-state index contributed by atoms with van der Waals surface area (Å²) >= 11 is 0. The van der Waals surface area contributed by atoms with E-state index in [1.807, 2.05) is 0 Å². The van der Waals surface area contributed by atoms with Crippen LogP contribution < -0.4 is 5.73 Å². The zero-order chi connectivity index (χ0) is 10.2. The smallest absolute Gasteiger partial charge is 0.336 e. The van der Waals surface area contributed by atoms with E-state index in [1.165, 1.54) is 6.92 Å². The molecule has 0 saturated heterocycles. The molecule has 70 valence electrons. The van der Waals surface area contributed by atoms with Crippen LogP contribution in [0.25, 0.3) is 0 Å². The molecule has 0 atom stereocenters. The summed E-state index contributed by atoms with van der Waals surface area (Å²) in [6.45, 7) is 3.08. The van der Waals surface area contributed by atoms with Crippen LogP contribution in [0.5, 0.6) is 0 Å². The summed E-state index contributed by atoms with van der Waals surface area (Å²) in [5, 5.41) is 8.68. The van der Waals surface area contributed by atoms with E-state index >= 15 is 0 Å². The number of hydrogen-bond acceptors (Lipinski definition) is 2. The third-order valence-electron chi connectivity index (χ3n) is 2.07. The maximum Gasteiger partial charge on any atom is 0.336 e. The van der Waals surface area contributed by atoms with Gasteiger partial charge < -0.3 is 10.8 Å². The predicted octanol–water partition coefficient (Wildman–Crippen LogP) is 1.72. The summed E-state index contributed by atoms with van der Waals surface area (Å²) in [5.41, 5.74) is 6.34. The number of benzene rings is 1. The maximum atomic E-state index is 13.0. The number of carboxylic acids is 1. The normalized spacial score (nSPS) is 10.1. The summed E-state index contributed by atoms with van der Waals surface area (Å²) in [6, 6.07) is 0.989. The van der Waals surface area contributed by atoms with Crippen LogP contribution in [0.1, 0.15) is 21.5 Å². The summed E-state index contributed by atoms with van der Waals surface area (Å²) < 4.78 is 13.0. The molecule has 0 fully saturated rings. The number of hydrogen-bond donors (Lipinski definition) is 2. The number of halogens is 1. The first-order valence-corrected chi connectivity index (χ1v) is 3.73. The van der Waals surface area contributed by atoms with Crippen LogP contribution >= 0.6 is 0 Å². The standard InChI is InChI=1S/C9H10FNO2/c1-4-6(9(12)13)3-7(10)5(2)8(4)11/h3H,11H2,1-2H3,(H,12,13). The van der Waals surface area contributed by atoms with Gasteiger partial charge in [0.2, 0.25) is 0 Å². The first kappa shape index (κ1) is 9.51. The summed E-state index contributed by atoms with van der Waals surface area (Å²) in [6.07, 6.45) is 0. The summed E-state index contributed by atoms with van der Waals surface area (Å²) in [7, 11) is 0. The van der Waals surface area contributed by atoms with Crippen molar-refractivity contribution in [1.82, 2.24) is 0 Å². The topological polar surface area (TPSA) is 63.3 Å². The fraction of sp³-hybridized carbons (Fsp3) is 0.222. The van der Waals surface area contributed by atoms with Gasteiger partial charge in [-0.3, -0.25) is 0 Å². The quantitative estimate of drug-likeness (QED) is 0.651. The van der Waals surface area contributed by atoms with Crippen molar-refractivity contribution < 1.29 is 14.3 Å². The van der Waals surface area contributed by atoms with Gasteiger partial charge in [-0.25, -0.2) is 9.18 Å². The molecule has 0 amide bonds. The average molecular weight is 183 g/mol. The monoisotopic (exact) mass is 183 g/mol. The third-order valence-corrected chi connectivity index (χ3v) is 2.07. The van der Waals surface area contributed by atoms with Gasteiger partial charge in [0.15, 0.2) is 0 Å². The van der Waals surface area contributed by atoms with Gasteiger partial charge in [-0.05, 0) is 25.5 Å². The van der Waals surface area contributed by atoms with Gasteiger partial charge in [0.1, 0.15) is 5.82 Å². The Bertz CT molecular complexity index is 374. The van der Waals surface area contributed by atoms with Crippen LogP contribution in [0.3, 0.4) is 0 Å². The molecule has 0 unspecified atom stereocenters. The molecule has 0 aromatic heterocycles. The minimum absolute atomic E-state index is 0.0828. The Morgan fingerprint density at radius 3 is 2.46 bits per heavy atom. The fourth-order valence-electron chi connectivity index (χ4n) is 1.12. The molecule has 0 bridgehead atoms. The Labute approximate surface area is 75.0 Å². The minimum atomic E-state index is -1.16. The molecule has 0 heterocycles.